The lowest BCUT2D eigenvalue weighted by Crippen LogP contribution is -2.06. The smallest absolute Gasteiger partial charge is 0.295 e. The number of phenols is 1. The topological polar surface area (TPSA) is 141 Å². The van der Waals surface area contributed by atoms with Gasteiger partial charge in [-0.25, -0.2) is 8.42 Å². The average Bonchev–Trinajstić information content (AvgIpc) is 2.45. The first-order valence-corrected chi connectivity index (χ1v) is 8.08. The molecular formula is C12H7BrN2O7S. The van der Waals surface area contributed by atoms with E-state index in [9.17, 15) is 33.8 Å². The Balaban J connectivity index is 2.73. The summed E-state index contributed by atoms with van der Waals surface area (Å²) in [6.07, 6.45) is 0. The predicted octanol–water partition coefficient (Wildman–Crippen LogP) is 2.80. The summed E-state index contributed by atoms with van der Waals surface area (Å²) in [4.78, 5) is 18.6. The third-order valence-corrected chi connectivity index (χ3v) is 5.19. The van der Waals surface area contributed by atoms with E-state index in [1.165, 1.54) is 6.07 Å². The van der Waals surface area contributed by atoms with Crippen molar-refractivity contribution in [1.29, 1.82) is 0 Å². The number of hydrogen-bond donors (Lipinski definition) is 1. The fourth-order valence-electron chi connectivity index (χ4n) is 1.83. The molecule has 0 spiro atoms. The fraction of sp³-hybridized carbons (Fsp3) is 0. The molecule has 0 saturated carbocycles. The van der Waals surface area contributed by atoms with E-state index in [0.717, 1.165) is 24.3 Å². The predicted molar refractivity (Wildman–Crippen MR) is 81.0 cm³/mol. The molecule has 0 amide bonds. The van der Waals surface area contributed by atoms with Gasteiger partial charge in [-0.15, -0.1) is 0 Å². The summed E-state index contributed by atoms with van der Waals surface area (Å²) in [6, 6.07) is 5.69. The van der Waals surface area contributed by atoms with E-state index in [0.29, 0.717) is 10.5 Å². The maximum Gasteiger partial charge on any atom is 0.295 e. The van der Waals surface area contributed by atoms with Gasteiger partial charge in [-0.3, -0.25) is 20.2 Å². The Morgan fingerprint density at radius 3 is 2.09 bits per heavy atom. The lowest BCUT2D eigenvalue weighted by atomic mass is 10.3. The van der Waals surface area contributed by atoms with Crippen LogP contribution in [0.25, 0.3) is 0 Å². The molecule has 0 radical (unpaired) electrons. The van der Waals surface area contributed by atoms with Crippen molar-refractivity contribution < 1.29 is 23.4 Å². The zero-order valence-electron chi connectivity index (χ0n) is 11.0. The first kappa shape index (κ1) is 16.8. The monoisotopic (exact) mass is 402 g/mol. The van der Waals surface area contributed by atoms with Crippen molar-refractivity contribution in [2.45, 2.75) is 9.79 Å². The maximum atomic E-state index is 12.5. The van der Waals surface area contributed by atoms with Gasteiger partial charge in [0.25, 0.3) is 11.4 Å². The van der Waals surface area contributed by atoms with Crippen LogP contribution in [0.4, 0.5) is 11.4 Å². The standard InChI is InChI=1S/C12H7BrN2O7S/c13-7-1-3-12(10(16)5-7)23(21,22)11-4-2-8(14(17)18)6-9(11)15(19)20/h1-6,16H. The average molecular weight is 403 g/mol. The highest BCUT2D eigenvalue weighted by molar-refractivity contribution is 9.10. The molecule has 11 heteroatoms. The van der Waals surface area contributed by atoms with E-state index >= 15 is 0 Å². The Morgan fingerprint density at radius 2 is 1.57 bits per heavy atom. The van der Waals surface area contributed by atoms with Gasteiger partial charge in [-0.1, -0.05) is 15.9 Å². The van der Waals surface area contributed by atoms with E-state index < -0.39 is 46.6 Å². The summed E-state index contributed by atoms with van der Waals surface area (Å²) >= 11 is 3.04. The van der Waals surface area contributed by atoms with E-state index in [1.54, 1.807) is 0 Å². The molecular weight excluding hydrogens is 396 g/mol. The van der Waals surface area contributed by atoms with Crippen LogP contribution >= 0.6 is 15.9 Å². The van der Waals surface area contributed by atoms with Crippen LogP contribution in [0.1, 0.15) is 0 Å². The highest BCUT2D eigenvalue weighted by Crippen LogP contribution is 2.36. The number of hydrogen-bond acceptors (Lipinski definition) is 7. The zero-order valence-corrected chi connectivity index (χ0v) is 13.4. The number of nitrogens with zero attached hydrogens (tertiary/aromatic N) is 2. The number of non-ortho nitro benzene ring substituents is 1. The minimum atomic E-state index is -4.44. The Kier molecular flexibility index (Phi) is 4.34. The second-order valence-electron chi connectivity index (χ2n) is 4.28. The molecule has 0 aliphatic heterocycles. The number of nitro benzene ring substituents is 2. The fourth-order valence-corrected chi connectivity index (χ4v) is 3.65. The molecule has 2 aromatic rings. The molecule has 0 heterocycles. The molecule has 9 nitrogen and oxygen atoms in total. The molecule has 0 unspecified atom stereocenters. The lowest BCUT2D eigenvalue weighted by molar-refractivity contribution is -0.396. The van der Waals surface area contributed by atoms with Crippen molar-refractivity contribution in [3.8, 4) is 5.75 Å². The first-order chi connectivity index (χ1) is 10.6. The molecule has 0 aliphatic carbocycles. The molecule has 0 bridgehead atoms. The van der Waals surface area contributed by atoms with Crippen LogP contribution in [-0.2, 0) is 9.84 Å². The van der Waals surface area contributed by atoms with E-state index in [-0.39, 0.29) is 0 Å². The molecule has 23 heavy (non-hydrogen) atoms. The number of halogens is 1. The molecule has 2 rings (SSSR count). The molecule has 0 fully saturated rings. The number of nitro groups is 2. The lowest BCUT2D eigenvalue weighted by Gasteiger charge is -2.07. The van der Waals surface area contributed by atoms with Gasteiger partial charge >= 0.3 is 0 Å². The highest BCUT2D eigenvalue weighted by Gasteiger charge is 2.31. The van der Waals surface area contributed by atoms with Crippen LogP contribution < -0.4 is 0 Å². The number of aromatic hydroxyl groups is 1. The summed E-state index contributed by atoms with van der Waals surface area (Å²) < 4.78 is 25.5. The number of sulfone groups is 1. The van der Waals surface area contributed by atoms with Crippen LogP contribution in [0, 0.1) is 20.2 Å². The van der Waals surface area contributed by atoms with Crippen LogP contribution in [0.3, 0.4) is 0 Å². The zero-order chi connectivity index (χ0) is 17.4. The molecule has 0 saturated heterocycles. The van der Waals surface area contributed by atoms with Gasteiger partial charge in [0.1, 0.15) is 15.5 Å². The molecule has 0 atom stereocenters. The van der Waals surface area contributed by atoms with Crippen molar-refractivity contribution in [2.75, 3.05) is 0 Å². The van der Waals surface area contributed by atoms with E-state index in [4.69, 9.17) is 0 Å². The van der Waals surface area contributed by atoms with Gasteiger partial charge in [0, 0.05) is 10.5 Å². The molecule has 120 valence electrons. The van der Waals surface area contributed by atoms with Gasteiger partial charge in [0.05, 0.1) is 15.9 Å². The molecule has 0 aromatic heterocycles. The van der Waals surface area contributed by atoms with Crippen LogP contribution in [0.2, 0.25) is 0 Å². The maximum absolute atomic E-state index is 12.5. The van der Waals surface area contributed by atoms with Gasteiger partial charge < -0.3 is 5.11 Å². The Morgan fingerprint density at radius 1 is 0.957 bits per heavy atom. The largest absolute Gasteiger partial charge is 0.507 e. The Hall–Kier alpha value is -2.53. The highest BCUT2D eigenvalue weighted by atomic mass is 79.9. The van der Waals surface area contributed by atoms with Gasteiger partial charge in [-0.2, -0.15) is 0 Å². The first-order valence-electron chi connectivity index (χ1n) is 5.81. The van der Waals surface area contributed by atoms with Crippen molar-refractivity contribution in [3.63, 3.8) is 0 Å². The second-order valence-corrected chi connectivity index (χ2v) is 7.08. The second kappa shape index (κ2) is 5.93. The third-order valence-electron chi connectivity index (χ3n) is 2.85. The van der Waals surface area contributed by atoms with Gasteiger partial charge in [-0.05, 0) is 24.3 Å². The molecule has 2 aromatic carbocycles. The number of phenolic OH excluding ortho intramolecular Hbond substituents is 1. The van der Waals surface area contributed by atoms with Crippen LogP contribution in [0.5, 0.6) is 5.75 Å². The van der Waals surface area contributed by atoms with Crippen LogP contribution in [0.15, 0.2) is 50.7 Å². The normalized spacial score (nSPS) is 11.2. The van der Waals surface area contributed by atoms with Crippen molar-refractivity contribution >= 4 is 37.1 Å². The summed E-state index contributed by atoms with van der Waals surface area (Å²) in [5.74, 6) is -0.605. The minimum absolute atomic E-state index is 0.409. The summed E-state index contributed by atoms with van der Waals surface area (Å²) in [6.45, 7) is 0. The van der Waals surface area contributed by atoms with Crippen LogP contribution in [-0.4, -0.2) is 23.4 Å². The SMILES string of the molecule is O=[N+]([O-])c1ccc(S(=O)(=O)c2ccc(Br)cc2O)c([N+](=O)[O-])c1. The third kappa shape index (κ3) is 3.14. The molecule has 0 aliphatic rings. The van der Waals surface area contributed by atoms with E-state index in [2.05, 4.69) is 15.9 Å². The number of rotatable bonds is 4. The van der Waals surface area contributed by atoms with Gasteiger partial charge in [0.2, 0.25) is 9.84 Å². The summed E-state index contributed by atoms with van der Waals surface area (Å²) in [5.41, 5.74) is -1.56. The van der Waals surface area contributed by atoms with E-state index in [1.807, 2.05) is 0 Å². The Bertz CT molecular complexity index is 927. The summed E-state index contributed by atoms with van der Waals surface area (Å²) in [7, 11) is -4.44. The van der Waals surface area contributed by atoms with Crippen molar-refractivity contribution in [1.82, 2.24) is 0 Å². The molecule has 1 N–H and O–H groups in total. The van der Waals surface area contributed by atoms with Gasteiger partial charge in [0.15, 0.2) is 0 Å². The Labute approximate surface area is 137 Å². The van der Waals surface area contributed by atoms with Crippen molar-refractivity contribution in [2.24, 2.45) is 0 Å². The number of benzene rings is 2. The summed E-state index contributed by atoms with van der Waals surface area (Å²) in [5, 5.41) is 31.5. The van der Waals surface area contributed by atoms with Crippen molar-refractivity contribution in [3.05, 3.63) is 61.1 Å². The minimum Gasteiger partial charge on any atom is -0.507 e. The quantitative estimate of drug-likeness (QED) is 0.611.